The zero-order valence-corrected chi connectivity index (χ0v) is 11.5. The van der Waals surface area contributed by atoms with Crippen molar-refractivity contribution >= 4 is 33.2 Å². The van der Waals surface area contributed by atoms with Gasteiger partial charge in [0.1, 0.15) is 11.6 Å². The van der Waals surface area contributed by atoms with Crippen LogP contribution >= 0.6 is 27.5 Å². The number of nitrogens with one attached hydrogen (secondary N) is 1. The minimum Gasteiger partial charge on any atom is -0.381 e. The molecule has 1 N–H and O–H groups in total. The van der Waals surface area contributed by atoms with Gasteiger partial charge in [-0.05, 0) is 57.9 Å². The Hall–Kier alpha value is -1.13. The van der Waals surface area contributed by atoms with Crippen molar-refractivity contribution in [3.05, 3.63) is 63.1 Å². The van der Waals surface area contributed by atoms with Crippen molar-refractivity contribution in [2.24, 2.45) is 0 Å². The van der Waals surface area contributed by atoms with Crippen molar-refractivity contribution in [3.63, 3.8) is 0 Å². The van der Waals surface area contributed by atoms with E-state index in [1.165, 1.54) is 18.2 Å². The van der Waals surface area contributed by atoms with Gasteiger partial charge in [0.2, 0.25) is 0 Å². The normalized spacial score (nSPS) is 10.4. The molecule has 0 unspecified atom stereocenters. The van der Waals surface area contributed by atoms with E-state index in [9.17, 15) is 8.78 Å². The Balaban J connectivity index is 2.08. The van der Waals surface area contributed by atoms with Crippen molar-refractivity contribution in [2.45, 2.75) is 6.54 Å². The lowest BCUT2D eigenvalue weighted by Crippen LogP contribution is -2.00. The Bertz CT molecular complexity index is 555. The van der Waals surface area contributed by atoms with Crippen LogP contribution in [-0.4, -0.2) is 0 Å². The van der Waals surface area contributed by atoms with Crippen molar-refractivity contribution in [1.82, 2.24) is 0 Å². The van der Waals surface area contributed by atoms with Gasteiger partial charge in [0.05, 0.1) is 4.47 Å². The molecule has 0 heterocycles. The summed E-state index contributed by atoms with van der Waals surface area (Å²) in [5.41, 5.74) is 1.32. The maximum atomic E-state index is 13.3. The van der Waals surface area contributed by atoms with Crippen LogP contribution in [0.1, 0.15) is 5.56 Å². The number of benzene rings is 2. The quantitative estimate of drug-likeness (QED) is 0.834. The molecular weight excluding hydrogens is 324 g/mol. The monoisotopic (exact) mass is 331 g/mol. The van der Waals surface area contributed by atoms with Crippen LogP contribution in [0.5, 0.6) is 0 Å². The van der Waals surface area contributed by atoms with Gasteiger partial charge in [-0.1, -0.05) is 11.6 Å². The Kier molecular flexibility index (Phi) is 4.19. The lowest BCUT2D eigenvalue weighted by molar-refractivity contribution is 0.621. The molecule has 0 aliphatic heterocycles. The van der Waals surface area contributed by atoms with Crippen LogP contribution in [-0.2, 0) is 6.54 Å². The average molecular weight is 333 g/mol. The molecule has 0 saturated carbocycles. The van der Waals surface area contributed by atoms with E-state index in [2.05, 4.69) is 21.2 Å². The van der Waals surface area contributed by atoms with E-state index < -0.39 is 0 Å². The van der Waals surface area contributed by atoms with Gasteiger partial charge in [-0.3, -0.25) is 0 Å². The first-order valence-corrected chi connectivity index (χ1v) is 6.35. The van der Waals surface area contributed by atoms with Crippen LogP contribution in [0.3, 0.4) is 0 Å². The fraction of sp³-hybridized carbons (Fsp3) is 0.0769. The number of anilines is 1. The summed E-state index contributed by atoms with van der Waals surface area (Å²) < 4.78 is 26.8. The zero-order valence-electron chi connectivity index (χ0n) is 9.18. The van der Waals surface area contributed by atoms with Crippen LogP contribution < -0.4 is 5.32 Å². The van der Waals surface area contributed by atoms with E-state index in [0.29, 0.717) is 27.3 Å². The molecular formula is C13H9BrClF2N. The molecule has 0 fully saturated rings. The summed E-state index contributed by atoms with van der Waals surface area (Å²) in [4.78, 5) is 0. The van der Waals surface area contributed by atoms with E-state index >= 15 is 0 Å². The first kappa shape index (κ1) is 13.3. The highest BCUT2D eigenvalue weighted by Gasteiger charge is 2.02. The van der Waals surface area contributed by atoms with Crippen molar-refractivity contribution < 1.29 is 8.78 Å². The van der Waals surface area contributed by atoms with E-state index in [1.807, 2.05) is 0 Å². The molecule has 0 aromatic heterocycles. The van der Waals surface area contributed by atoms with E-state index in [0.717, 1.165) is 0 Å². The first-order valence-electron chi connectivity index (χ1n) is 5.18. The molecule has 0 bridgehead atoms. The van der Waals surface area contributed by atoms with Crippen LogP contribution in [0.2, 0.25) is 5.02 Å². The Morgan fingerprint density at radius 3 is 2.56 bits per heavy atom. The summed E-state index contributed by atoms with van der Waals surface area (Å²) in [7, 11) is 0. The third-order valence-electron chi connectivity index (χ3n) is 2.34. The molecule has 2 rings (SSSR count). The number of halogens is 4. The second-order valence-electron chi connectivity index (χ2n) is 3.76. The standard InChI is InChI=1S/C13H9BrClF2N/c14-12-2-1-11(6-13(12)17)18-7-8-3-9(15)5-10(16)4-8/h1-6,18H,7H2. The summed E-state index contributed by atoms with van der Waals surface area (Å²) in [6, 6.07) is 8.99. The maximum absolute atomic E-state index is 13.3. The second-order valence-corrected chi connectivity index (χ2v) is 5.05. The minimum absolute atomic E-state index is 0.341. The highest BCUT2D eigenvalue weighted by Crippen LogP contribution is 2.20. The third kappa shape index (κ3) is 3.43. The summed E-state index contributed by atoms with van der Waals surface area (Å²) >= 11 is 8.82. The van der Waals surface area contributed by atoms with E-state index in [1.54, 1.807) is 18.2 Å². The first-order chi connectivity index (χ1) is 8.54. The lowest BCUT2D eigenvalue weighted by Gasteiger charge is -2.08. The van der Waals surface area contributed by atoms with Crippen molar-refractivity contribution in [3.8, 4) is 0 Å². The van der Waals surface area contributed by atoms with Crippen LogP contribution in [0, 0.1) is 11.6 Å². The van der Waals surface area contributed by atoms with Crippen molar-refractivity contribution in [2.75, 3.05) is 5.32 Å². The van der Waals surface area contributed by atoms with Gasteiger partial charge in [-0.15, -0.1) is 0 Å². The van der Waals surface area contributed by atoms with Crippen molar-refractivity contribution in [1.29, 1.82) is 0 Å². The average Bonchev–Trinajstić information content (AvgIpc) is 2.29. The molecule has 1 nitrogen and oxygen atoms in total. The summed E-state index contributed by atoms with van der Waals surface area (Å²) in [5.74, 6) is -0.737. The van der Waals surface area contributed by atoms with Gasteiger partial charge in [0.15, 0.2) is 0 Å². The van der Waals surface area contributed by atoms with Gasteiger partial charge < -0.3 is 5.32 Å². The van der Waals surface area contributed by atoms with Crippen LogP contribution in [0.25, 0.3) is 0 Å². The molecule has 0 atom stereocenters. The van der Waals surface area contributed by atoms with E-state index in [4.69, 9.17) is 11.6 Å². The largest absolute Gasteiger partial charge is 0.381 e. The Labute approximate surface area is 117 Å². The summed E-state index contributed by atoms with van der Waals surface area (Å²) in [5, 5.41) is 3.34. The van der Waals surface area contributed by atoms with E-state index in [-0.39, 0.29) is 11.6 Å². The molecule has 0 amide bonds. The molecule has 5 heteroatoms. The minimum atomic E-state index is -0.388. The number of hydrogen-bond acceptors (Lipinski definition) is 1. The highest BCUT2D eigenvalue weighted by atomic mass is 79.9. The van der Waals surface area contributed by atoms with Gasteiger partial charge in [-0.2, -0.15) is 0 Å². The predicted octanol–water partition coefficient (Wildman–Crippen LogP) is 4.99. The van der Waals surface area contributed by atoms with Crippen LogP contribution in [0.15, 0.2) is 40.9 Å². The lowest BCUT2D eigenvalue weighted by atomic mass is 10.2. The Morgan fingerprint density at radius 1 is 1.11 bits per heavy atom. The molecule has 0 spiro atoms. The van der Waals surface area contributed by atoms with Gasteiger partial charge in [-0.25, -0.2) is 8.78 Å². The molecule has 94 valence electrons. The van der Waals surface area contributed by atoms with Gasteiger partial charge in [0.25, 0.3) is 0 Å². The summed E-state index contributed by atoms with van der Waals surface area (Å²) in [6.45, 7) is 0.374. The molecule has 0 aliphatic carbocycles. The fourth-order valence-corrected chi connectivity index (χ4v) is 2.01. The number of rotatable bonds is 3. The highest BCUT2D eigenvalue weighted by molar-refractivity contribution is 9.10. The molecule has 0 saturated heterocycles. The molecule has 2 aromatic carbocycles. The maximum Gasteiger partial charge on any atom is 0.139 e. The molecule has 0 aliphatic rings. The van der Waals surface area contributed by atoms with Gasteiger partial charge >= 0.3 is 0 Å². The van der Waals surface area contributed by atoms with Gasteiger partial charge in [0, 0.05) is 17.3 Å². The Morgan fingerprint density at radius 2 is 1.89 bits per heavy atom. The number of hydrogen-bond donors (Lipinski definition) is 1. The molecule has 0 radical (unpaired) electrons. The summed E-state index contributed by atoms with van der Waals surface area (Å²) in [6.07, 6.45) is 0. The zero-order chi connectivity index (χ0) is 13.1. The second kappa shape index (κ2) is 5.67. The molecule has 18 heavy (non-hydrogen) atoms. The third-order valence-corrected chi connectivity index (χ3v) is 3.20. The SMILES string of the molecule is Fc1cc(Cl)cc(CNc2ccc(Br)c(F)c2)c1. The fourth-order valence-electron chi connectivity index (χ4n) is 1.52. The molecule has 2 aromatic rings. The predicted molar refractivity (Wildman–Crippen MR) is 72.8 cm³/mol. The smallest absolute Gasteiger partial charge is 0.139 e. The topological polar surface area (TPSA) is 12.0 Å². The van der Waals surface area contributed by atoms with Crippen LogP contribution in [0.4, 0.5) is 14.5 Å².